The second-order valence-corrected chi connectivity index (χ2v) is 8.30. The van der Waals surface area contributed by atoms with Gasteiger partial charge in [0.2, 0.25) is 5.91 Å². The van der Waals surface area contributed by atoms with E-state index in [1.54, 1.807) is 42.5 Å². The molecule has 28 heavy (non-hydrogen) atoms. The molecule has 0 spiro atoms. The Hall–Kier alpha value is -2.58. The molecule has 2 aromatic carbocycles. The SMILES string of the molecule is COc1ccccc1N(CC(=O)NC[C@H]1CCCO1)S(=O)(=O)c1ccccc1. The quantitative estimate of drug-likeness (QED) is 0.729. The van der Waals surface area contributed by atoms with Crippen molar-refractivity contribution in [1.29, 1.82) is 0 Å². The van der Waals surface area contributed by atoms with Crippen molar-refractivity contribution in [3.63, 3.8) is 0 Å². The van der Waals surface area contributed by atoms with Crippen molar-refractivity contribution in [2.45, 2.75) is 23.8 Å². The fourth-order valence-electron chi connectivity index (χ4n) is 3.07. The highest BCUT2D eigenvalue weighted by atomic mass is 32.2. The molecule has 0 unspecified atom stereocenters. The van der Waals surface area contributed by atoms with Crippen LogP contribution in [0.3, 0.4) is 0 Å². The smallest absolute Gasteiger partial charge is 0.264 e. The Labute approximate surface area is 165 Å². The van der Waals surface area contributed by atoms with E-state index in [4.69, 9.17) is 9.47 Å². The Morgan fingerprint density at radius 1 is 1.18 bits per heavy atom. The van der Waals surface area contributed by atoms with Crippen molar-refractivity contribution in [2.24, 2.45) is 0 Å². The predicted molar refractivity (Wildman–Crippen MR) is 106 cm³/mol. The van der Waals surface area contributed by atoms with E-state index in [1.165, 1.54) is 19.2 Å². The summed E-state index contributed by atoms with van der Waals surface area (Å²) in [6.45, 7) is 0.699. The molecule has 0 saturated carbocycles. The number of anilines is 1. The maximum Gasteiger partial charge on any atom is 0.264 e. The summed E-state index contributed by atoms with van der Waals surface area (Å²) in [7, 11) is -2.50. The molecule has 0 radical (unpaired) electrons. The van der Waals surface area contributed by atoms with Gasteiger partial charge in [0.1, 0.15) is 12.3 Å². The highest BCUT2D eigenvalue weighted by Gasteiger charge is 2.29. The average molecular weight is 404 g/mol. The topological polar surface area (TPSA) is 84.9 Å². The Morgan fingerprint density at radius 3 is 2.57 bits per heavy atom. The number of rotatable bonds is 8. The zero-order valence-corrected chi connectivity index (χ0v) is 16.5. The number of carbonyl (C=O) groups excluding carboxylic acids is 1. The first-order valence-corrected chi connectivity index (χ1v) is 10.6. The fraction of sp³-hybridized carbons (Fsp3) is 0.350. The van der Waals surface area contributed by atoms with Crippen molar-refractivity contribution in [2.75, 3.05) is 31.1 Å². The molecular weight excluding hydrogens is 380 g/mol. The van der Waals surface area contributed by atoms with E-state index < -0.39 is 15.9 Å². The Morgan fingerprint density at radius 2 is 1.89 bits per heavy atom. The van der Waals surface area contributed by atoms with E-state index in [2.05, 4.69) is 5.32 Å². The molecule has 0 aromatic heterocycles. The van der Waals surface area contributed by atoms with Gasteiger partial charge in [-0.1, -0.05) is 30.3 Å². The standard InChI is InChI=1S/C20H24N2O5S/c1-26-19-12-6-5-11-18(19)22(28(24,25)17-9-3-2-4-10-17)15-20(23)21-14-16-8-7-13-27-16/h2-6,9-12,16H,7-8,13-15H2,1H3,(H,21,23)/t16-/m1/s1. The van der Waals surface area contributed by atoms with Gasteiger partial charge in [-0.2, -0.15) is 0 Å². The Balaban J connectivity index is 1.87. The maximum atomic E-state index is 13.3. The largest absolute Gasteiger partial charge is 0.495 e. The number of hydrogen-bond acceptors (Lipinski definition) is 5. The number of nitrogens with zero attached hydrogens (tertiary/aromatic N) is 1. The molecule has 1 aliphatic rings. The van der Waals surface area contributed by atoms with E-state index in [-0.39, 0.29) is 17.5 Å². The number of ether oxygens (including phenoxy) is 2. The van der Waals surface area contributed by atoms with Crippen molar-refractivity contribution in [1.82, 2.24) is 5.32 Å². The summed E-state index contributed by atoms with van der Waals surface area (Å²) < 4.78 is 38.4. The lowest BCUT2D eigenvalue weighted by Crippen LogP contribution is -2.43. The van der Waals surface area contributed by atoms with E-state index in [1.807, 2.05) is 0 Å². The molecule has 150 valence electrons. The van der Waals surface area contributed by atoms with Crippen LogP contribution in [0.2, 0.25) is 0 Å². The zero-order valence-electron chi connectivity index (χ0n) is 15.7. The summed E-state index contributed by atoms with van der Waals surface area (Å²) in [5.41, 5.74) is 0.307. The molecular formula is C20H24N2O5S. The molecule has 0 aliphatic carbocycles. The van der Waals surface area contributed by atoms with Gasteiger partial charge in [0.05, 0.1) is 23.8 Å². The lowest BCUT2D eigenvalue weighted by atomic mass is 10.2. The molecule has 7 nitrogen and oxygen atoms in total. The van der Waals surface area contributed by atoms with Gasteiger partial charge < -0.3 is 14.8 Å². The van der Waals surface area contributed by atoms with Crippen LogP contribution in [0.4, 0.5) is 5.69 Å². The van der Waals surface area contributed by atoms with E-state index in [9.17, 15) is 13.2 Å². The fourth-order valence-corrected chi connectivity index (χ4v) is 4.53. The zero-order chi connectivity index (χ0) is 20.0. The van der Waals surface area contributed by atoms with Crippen molar-refractivity contribution in [3.05, 3.63) is 54.6 Å². The van der Waals surface area contributed by atoms with Gasteiger partial charge in [-0.25, -0.2) is 8.42 Å². The van der Waals surface area contributed by atoms with E-state index in [0.29, 0.717) is 24.6 Å². The normalized spacial score (nSPS) is 16.5. The number of para-hydroxylation sites is 2. The molecule has 1 heterocycles. The second kappa shape index (κ2) is 9.07. The summed E-state index contributed by atoms with van der Waals surface area (Å²) >= 11 is 0. The van der Waals surface area contributed by atoms with Crippen molar-refractivity contribution in [3.8, 4) is 5.75 Å². The van der Waals surface area contributed by atoms with Crippen LogP contribution in [0.25, 0.3) is 0 Å². The van der Waals surface area contributed by atoms with Crippen LogP contribution in [-0.2, 0) is 19.6 Å². The van der Waals surface area contributed by atoms with Gasteiger partial charge in [-0.05, 0) is 37.1 Å². The van der Waals surface area contributed by atoms with Crippen LogP contribution in [0, 0.1) is 0 Å². The second-order valence-electron chi connectivity index (χ2n) is 6.44. The molecule has 1 N–H and O–H groups in total. The lowest BCUT2D eigenvalue weighted by molar-refractivity contribution is -0.120. The minimum Gasteiger partial charge on any atom is -0.495 e. The average Bonchev–Trinajstić information content (AvgIpc) is 3.25. The molecule has 1 fully saturated rings. The van der Waals surface area contributed by atoms with Gasteiger partial charge in [-0.3, -0.25) is 9.10 Å². The first-order chi connectivity index (χ1) is 13.5. The number of carbonyl (C=O) groups is 1. The van der Waals surface area contributed by atoms with Crippen LogP contribution in [-0.4, -0.2) is 47.2 Å². The maximum absolute atomic E-state index is 13.3. The van der Waals surface area contributed by atoms with Crippen LogP contribution in [0.5, 0.6) is 5.75 Å². The minimum absolute atomic E-state index is 0.0191. The molecule has 2 aromatic rings. The third-order valence-electron chi connectivity index (χ3n) is 4.52. The summed E-state index contributed by atoms with van der Waals surface area (Å²) in [5, 5.41) is 2.78. The molecule has 1 aliphatic heterocycles. The number of hydrogen-bond donors (Lipinski definition) is 1. The first-order valence-electron chi connectivity index (χ1n) is 9.11. The molecule has 3 rings (SSSR count). The summed E-state index contributed by atoms with van der Waals surface area (Å²) in [4.78, 5) is 12.7. The molecule has 1 atom stereocenters. The predicted octanol–water partition coefficient (Wildman–Crippen LogP) is 2.19. The van der Waals surface area contributed by atoms with Gasteiger partial charge in [0.15, 0.2) is 0 Å². The number of amides is 1. The van der Waals surface area contributed by atoms with Gasteiger partial charge >= 0.3 is 0 Å². The Kier molecular flexibility index (Phi) is 6.53. The van der Waals surface area contributed by atoms with Crippen molar-refractivity contribution < 1.29 is 22.7 Å². The van der Waals surface area contributed by atoms with Crippen LogP contribution in [0.1, 0.15) is 12.8 Å². The van der Waals surface area contributed by atoms with Crippen LogP contribution in [0.15, 0.2) is 59.5 Å². The molecule has 8 heteroatoms. The highest BCUT2D eigenvalue weighted by Crippen LogP contribution is 2.32. The van der Waals surface area contributed by atoms with Crippen LogP contribution < -0.4 is 14.4 Å². The minimum atomic E-state index is -3.96. The first kappa shape index (κ1) is 20.2. The van der Waals surface area contributed by atoms with Crippen LogP contribution >= 0.6 is 0 Å². The lowest BCUT2D eigenvalue weighted by Gasteiger charge is -2.25. The van der Waals surface area contributed by atoms with E-state index in [0.717, 1.165) is 17.1 Å². The van der Waals surface area contributed by atoms with Gasteiger partial charge in [-0.15, -0.1) is 0 Å². The summed E-state index contributed by atoms with van der Waals surface area (Å²) in [5.74, 6) is -0.0326. The number of sulfonamides is 1. The molecule has 0 bridgehead atoms. The third kappa shape index (κ3) is 4.63. The van der Waals surface area contributed by atoms with Crippen molar-refractivity contribution >= 4 is 21.6 Å². The Bertz CT molecular complexity index is 896. The summed E-state index contributed by atoms with van der Waals surface area (Å²) in [6.07, 6.45) is 1.84. The highest BCUT2D eigenvalue weighted by molar-refractivity contribution is 7.92. The summed E-state index contributed by atoms with van der Waals surface area (Å²) in [6, 6.07) is 14.8. The number of nitrogens with one attached hydrogen (secondary N) is 1. The van der Waals surface area contributed by atoms with E-state index >= 15 is 0 Å². The third-order valence-corrected chi connectivity index (χ3v) is 6.30. The number of methoxy groups -OCH3 is 1. The van der Waals surface area contributed by atoms with Gasteiger partial charge in [0.25, 0.3) is 10.0 Å². The molecule has 1 amide bonds. The molecule has 1 saturated heterocycles. The monoisotopic (exact) mass is 404 g/mol. The van der Waals surface area contributed by atoms with Gasteiger partial charge in [0, 0.05) is 13.2 Å². The number of benzene rings is 2.